The Hall–Kier alpha value is -4.88. The fraction of sp³-hybridized carbons (Fsp3) is 0.231. The lowest BCUT2D eigenvalue weighted by molar-refractivity contribution is 0.591. The lowest BCUT2D eigenvalue weighted by Crippen LogP contribution is -2.11. The summed E-state index contributed by atoms with van der Waals surface area (Å²) in [4.78, 5) is 4.56. The molecule has 4 nitrogen and oxygen atoms in total. The number of pyridine rings is 1. The van der Waals surface area contributed by atoms with Crippen LogP contribution in [0.15, 0.2) is 89.5 Å². The number of aryl methyl sites for hydroxylation is 1. The van der Waals surface area contributed by atoms with Crippen molar-refractivity contribution in [2.24, 2.45) is 0 Å². The fourth-order valence-corrected chi connectivity index (χ4v) is 6.16. The fourth-order valence-electron chi connectivity index (χ4n) is 6.16. The van der Waals surface area contributed by atoms with Gasteiger partial charge in [-0.3, -0.25) is 4.98 Å². The van der Waals surface area contributed by atoms with Gasteiger partial charge in [-0.2, -0.15) is 5.26 Å². The van der Waals surface area contributed by atoms with Gasteiger partial charge in [0.25, 0.3) is 0 Å². The molecule has 7 aromatic rings. The maximum atomic E-state index is 10.6. The SMILES string of the molecule is [2H]C([2H])([2H])c1ccc(-c2ccccn2)c2oc3c(-n4c5cc(C(C)(C)C)ccc5c5ccc(C(C)(C)C)cc54)c(C#N)ccc3c12. The maximum Gasteiger partial charge on any atom is 0.160 e. The monoisotopic (exact) mass is 564 g/mol. The van der Waals surface area contributed by atoms with Crippen LogP contribution >= 0.6 is 0 Å². The van der Waals surface area contributed by atoms with Gasteiger partial charge in [-0.1, -0.05) is 77.9 Å². The first-order valence-electron chi connectivity index (χ1n) is 16.1. The number of nitrogens with zero attached hydrogens (tertiary/aromatic N) is 3. The zero-order chi connectivity index (χ0) is 32.8. The summed E-state index contributed by atoms with van der Waals surface area (Å²) in [6, 6.07) is 28.2. The van der Waals surface area contributed by atoms with Crippen molar-refractivity contribution in [2.75, 3.05) is 0 Å². The van der Waals surface area contributed by atoms with Gasteiger partial charge in [0.05, 0.1) is 22.3 Å². The van der Waals surface area contributed by atoms with Crippen LogP contribution in [0.4, 0.5) is 0 Å². The second kappa shape index (κ2) is 9.31. The summed E-state index contributed by atoms with van der Waals surface area (Å²) in [7, 11) is 0. The average molecular weight is 565 g/mol. The Balaban J connectivity index is 1.71. The number of hydrogen-bond donors (Lipinski definition) is 0. The highest BCUT2D eigenvalue weighted by Crippen LogP contribution is 2.44. The Morgan fingerprint density at radius 1 is 0.767 bits per heavy atom. The molecule has 0 radical (unpaired) electrons. The van der Waals surface area contributed by atoms with Crippen molar-refractivity contribution in [3.63, 3.8) is 0 Å². The molecule has 0 aliphatic carbocycles. The lowest BCUT2D eigenvalue weighted by atomic mass is 9.86. The van der Waals surface area contributed by atoms with Crippen molar-refractivity contribution in [3.8, 4) is 23.0 Å². The second-order valence-electron chi connectivity index (χ2n) is 13.4. The molecule has 0 fully saturated rings. The third-order valence-corrected chi connectivity index (χ3v) is 8.55. The standard InChI is InChI=1S/C39H35N3O/c1-23-11-15-29(31-10-8-9-19-41-31)36-34(23)30-16-12-24(22-40)35(37(30)43-36)42-32-20-25(38(2,3)4)13-17-27(32)28-18-14-26(21-33(28)42)39(5,6)7/h8-21H,1-7H3/i1D3. The molecule has 0 saturated heterocycles. The second-order valence-corrected chi connectivity index (χ2v) is 13.4. The lowest BCUT2D eigenvalue weighted by Gasteiger charge is -2.20. The molecule has 0 aliphatic rings. The van der Waals surface area contributed by atoms with Crippen LogP contribution in [0, 0.1) is 18.2 Å². The third kappa shape index (κ3) is 4.14. The number of benzene rings is 4. The number of aromatic nitrogens is 2. The van der Waals surface area contributed by atoms with Gasteiger partial charge in [-0.15, -0.1) is 0 Å². The van der Waals surface area contributed by atoms with Crippen LogP contribution in [0.1, 0.15) is 67.9 Å². The minimum absolute atomic E-state index is 0.109. The smallest absolute Gasteiger partial charge is 0.160 e. The van der Waals surface area contributed by atoms with E-state index in [1.54, 1.807) is 24.4 Å². The molecule has 0 atom stereocenters. The molecule has 0 bridgehead atoms. The molecule has 4 heteroatoms. The van der Waals surface area contributed by atoms with Crippen molar-refractivity contribution in [2.45, 2.75) is 59.2 Å². The molecular weight excluding hydrogens is 526 g/mol. The highest BCUT2D eigenvalue weighted by Gasteiger charge is 2.25. The van der Waals surface area contributed by atoms with E-state index in [0.29, 0.717) is 44.4 Å². The van der Waals surface area contributed by atoms with Crippen LogP contribution in [0.5, 0.6) is 0 Å². The van der Waals surface area contributed by atoms with Crippen LogP contribution in [0.2, 0.25) is 0 Å². The summed E-state index contributed by atoms with van der Waals surface area (Å²) in [5, 5.41) is 13.9. The summed E-state index contributed by atoms with van der Waals surface area (Å²) in [6.45, 7) is 10.8. The third-order valence-electron chi connectivity index (χ3n) is 8.55. The number of hydrogen-bond acceptors (Lipinski definition) is 3. The Labute approximate surface area is 256 Å². The first-order chi connectivity index (χ1) is 21.7. The predicted molar refractivity (Wildman–Crippen MR) is 178 cm³/mol. The highest BCUT2D eigenvalue weighted by molar-refractivity contribution is 6.16. The van der Waals surface area contributed by atoms with Gasteiger partial charge in [0.15, 0.2) is 5.58 Å². The zero-order valence-corrected chi connectivity index (χ0v) is 25.3. The van der Waals surface area contributed by atoms with Crippen LogP contribution in [0.3, 0.4) is 0 Å². The van der Waals surface area contributed by atoms with Gasteiger partial charge in [0.1, 0.15) is 17.3 Å². The topological polar surface area (TPSA) is 54.8 Å². The van der Waals surface area contributed by atoms with E-state index in [-0.39, 0.29) is 16.4 Å². The van der Waals surface area contributed by atoms with Gasteiger partial charge in [-0.25, -0.2) is 0 Å². The zero-order valence-electron chi connectivity index (χ0n) is 28.3. The minimum atomic E-state index is -2.39. The molecule has 4 aromatic carbocycles. The van der Waals surface area contributed by atoms with Gasteiger partial charge >= 0.3 is 0 Å². The molecule has 0 unspecified atom stereocenters. The maximum absolute atomic E-state index is 10.6. The summed E-state index contributed by atoms with van der Waals surface area (Å²) in [5.74, 6) is 0. The van der Waals surface area contributed by atoms with Crippen LogP contribution in [-0.2, 0) is 10.8 Å². The van der Waals surface area contributed by atoms with E-state index in [1.165, 1.54) is 0 Å². The van der Waals surface area contributed by atoms with Crippen molar-refractivity contribution < 1.29 is 8.53 Å². The normalized spacial score (nSPS) is 13.8. The summed E-state index contributed by atoms with van der Waals surface area (Å²) in [6.07, 6.45) is 1.71. The van der Waals surface area contributed by atoms with E-state index in [4.69, 9.17) is 8.53 Å². The molecule has 0 spiro atoms. The van der Waals surface area contributed by atoms with Crippen molar-refractivity contribution in [1.82, 2.24) is 9.55 Å². The van der Waals surface area contributed by atoms with E-state index >= 15 is 0 Å². The van der Waals surface area contributed by atoms with E-state index in [0.717, 1.165) is 32.9 Å². The Bertz CT molecular complexity index is 2300. The van der Waals surface area contributed by atoms with Gasteiger partial charge in [0.2, 0.25) is 0 Å². The summed E-state index contributed by atoms with van der Waals surface area (Å²) >= 11 is 0. The van der Waals surface area contributed by atoms with E-state index in [2.05, 4.69) is 93.6 Å². The minimum Gasteiger partial charge on any atom is -0.453 e. The number of furan rings is 1. The number of fused-ring (bicyclic) bond motifs is 6. The molecule has 7 rings (SSSR count). The van der Waals surface area contributed by atoms with Crippen LogP contribution < -0.4 is 0 Å². The Morgan fingerprint density at radius 3 is 1.98 bits per heavy atom. The number of rotatable bonds is 2. The van der Waals surface area contributed by atoms with E-state index < -0.39 is 6.85 Å². The van der Waals surface area contributed by atoms with Crippen LogP contribution in [0.25, 0.3) is 60.7 Å². The molecular formula is C39H35N3O. The first kappa shape index (κ1) is 23.7. The molecule has 3 heterocycles. The van der Waals surface area contributed by atoms with Crippen LogP contribution in [-0.4, -0.2) is 9.55 Å². The highest BCUT2D eigenvalue weighted by atomic mass is 16.3. The Kier molecular flexibility index (Phi) is 5.12. The molecule has 0 N–H and O–H groups in total. The Morgan fingerprint density at radius 2 is 1.42 bits per heavy atom. The van der Waals surface area contributed by atoms with Crippen molar-refractivity contribution in [3.05, 3.63) is 107 Å². The largest absolute Gasteiger partial charge is 0.453 e. The van der Waals surface area contributed by atoms with Gasteiger partial charge in [-0.05, 0) is 76.8 Å². The average Bonchev–Trinajstić information content (AvgIpc) is 3.54. The quantitative estimate of drug-likeness (QED) is 0.210. The van der Waals surface area contributed by atoms with E-state index in [1.807, 2.05) is 24.3 Å². The number of nitriles is 1. The van der Waals surface area contributed by atoms with Gasteiger partial charge < -0.3 is 8.98 Å². The predicted octanol–water partition coefficient (Wildman–Crippen LogP) is 10.5. The molecule has 43 heavy (non-hydrogen) atoms. The molecule has 0 amide bonds. The molecule has 0 saturated carbocycles. The molecule has 0 aliphatic heterocycles. The summed E-state index contributed by atoms with van der Waals surface area (Å²) in [5.41, 5.74) is 7.51. The van der Waals surface area contributed by atoms with Crippen molar-refractivity contribution in [1.29, 1.82) is 5.26 Å². The summed E-state index contributed by atoms with van der Waals surface area (Å²) < 4.78 is 34.2. The van der Waals surface area contributed by atoms with Gasteiger partial charge in [0, 0.05) is 37.4 Å². The van der Waals surface area contributed by atoms with E-state index in [9.17, 15) is 5.26 Å². The van der Waals surface area contributed by atoms with Crippen molar-refractivity contribution >= 4 is 43.7 Å². The molecule has 212 valence electrons. The molecule has 3 aromatic heterocycles. The first-order valence-corrected chi connectivity index (χ1v) is 14.6.